The molecule has 0 N–H and O–H groups in total. The topological polar surface area (TPSA) is 34.0 Å². The van der Waals surface area contributed by atoms with Crippen molar-refractivity contribution in [2.45, 2.75) is 39.2 Å². The molecular weight excluding hydrogens is 260 g/mol. The average Bonchev–Trinajstić information content (AvgIpc) is 3.06. The number of rotatable bonds is 5. The van der Waals surface area contributed by atoms with E-state index in [1.165, 1.54) is 37.2 Å². The van der Waals surface area contributed by atoms with E-state index in [2.05, 4.69) is 45.6 Å². The molecule has 1 aliphatic rings. The molecule has 0 aromatic carbocycles. The van der Waals surface area contributed by atoms with Gasteiger partial charge in [-0.1, -0.05) is 6.07 Å². The summed E-state index contributed by atoms with van der Waals surface area (Å²) in [5.41, 5.74) is 3.75. The van der Waals surface area contributed by atoms with Gasteiger partial charge in [-0.05, 0) is 57.4 Å². The maximum Gasteiger partial charge on any atom is 0.0661 e. The molecule has 112 valence electrons. The van der Waals surface area contributed by atoms with E-state index in [9.17, 15) is 0 Å². The van der Waals surface area contributed by atoms with Gasteiger partial charge in [0.05, 0.1) is 11.7 Å². The zero-order valence-electron chi connectivity index (χ0n) is 13.0. The van der Waals surface area contributed by atoms with Crippen LogP contribution in [0.3, 0.4) is 0 Å². The molecule has 1 fully saturated rings. The van der Waals surface area contributed by atoms with Crippen LogP contribution in [0.1, 0.15) is 35.8 Å². The second-order valence-electron chi connectivity index (χ2n) is 6.08. The summed E-state index contributed by atoms with van der Waals surface area (Å²) in [7, 11) is 0. The fraction of sp³-hybridized carbons (Fsp3) is 0.529. The Labute approximate surface area is 126 Å². The van der Waals surface area contributed by atoms with Gasteiger partial charge in [0.1, 0.15) is 0 Å². The monoisotopic (exact) mass is 284 g/mol. The summed E-state index contributed by atoms with van der Waals surface area (Å²) in [4.78, 5) is 6.74. The van der Waals surface area contributed by atoms with Gasteiger partial charge in [-0.3, -0.25) is 9.67 Å². The molecule has 4 heteroatoms. The minimum absolute atomic E-state index is 0.553. The highest BCUT2D eigenvalue weighted by Gasteiger charge is 2.24. The molecule has 0 saturated carbocycles. The Bertz CT molecular complexity index is 576. The van der Waals surface area contributed by atoms with Gasteiger partial charge in [0.2, 0.25) is 0 Å². The van der Waals surface area contributed by atoms with Gasteiger partial charge in [-0.25, -0.2) is 0 Å². The molecule has 1 aliphatic heterocycles. The summed E-state index contributed by atoms with van der Waals surface area (Å²) in [5, 5.41) is 4.64. The Morgan fingerprint density at radius 2 is 2.24 bits per heavy atom. The van der Waals surface area contributed by atoms with Crippen molar-refractivity contribution in [3.05, 3.63) is 47.5 Å². The van der Waals surface area contributed by atoms with Crippen molar-refractivity contribution >= 4 is 0 Å². The molecule has 3 heterocycles. The lowest BCUT2D eigenvalue weighted by atomic mass is 10.1. The van der Waals surface area contributed by atoms with Crippen LogP contribution in [-0.4, -0.2) is 39.3 Å². The molecule has 3 rings (SSSR count). The van der Waals surface area contributed by atoms with Gasteiger partial charge >= 0.3 is 0 Å². The van der Waals surface area contributed by atoms with Crippen LogP contribution in [-0.2, 0) is 6.42 Å². The summed E-state index contributed by atoms with van der Waals surface area (Å²) in [6, 6.07) is 6.90. The Hall–Kier alpha value is -1.68. The summed E-state index contributed by atoms with van der Waals surface area (Å²) in [5.74, 6) is 0. The Morgan fingerprint density at radius 3 is 2.95 bits per heavy atom. The van der Waals surface area contributed by atoms with E-state index in [1.54, 1.807) is 0 Å². The summed E-state index contributed by atoms with van der Waals surface area (Å²) >= 11 is 0. The van der Waals surface area contributed by atoms with Crippen LogP contribution in [0.4, 0.5) is 0 Å². The number of likely N-dealkylation sites (tertiary alicyclic amines) is 1. The molecule has 1 saturated heterocycles. The van der Waals surface area contributed by atoms with Gasteiger partial charge < -0.3 is 4.90 Å². The van der Waals surface area contributed by atoms with Crippen molar-refractivity contribution in [1.29, 1.82) is 0 Å². The number of nitrogens with zero attached hydrogens (tertiary/aromatic N) is 4. The molecule has 0 aliphatic carbocycles. The molecule has 0 amide bonds. The first kappa shape index (κ1) is 14.3. The van der Waals surface area contributed by atoms with Gasteiger partial charge in [0, 0.05) is 31.2 Å². The SMILES string of the molecule is Cc1cc(C)n([C@@H]2CCN(CCCc3cccnc3)C2)n1. The summed E-state index contributed by atoms with van der Waals surface area (Å²) in [6.45, 7) is 7.73. The number of hydrogen-bond donors (Lipinski definition) is 0. The Morgan fingerprint density at radius 1 is 1.33 bits per heavy atom. The predicted octanol–water partition coefficient (Wildman–Crippen LogP) is 2.77. The minimum Gasteiger partial charge on any atom is -0.301 e. The lowest BCUT2D eigenvalue weighted by Crippen LogP contribution is -2.23. The average molecular weight is 284 g/mol. The minimum atomic E-state index is 0.553. The molecule has 1 atom stereocenters. The first-order valence-electron chi connectivity index (χ1n) is 7.86. The zero-order chi connectivity index (χ0) is 14.7. The number of hydrogen-bond acceptors (Lipinski definition) is 3. The molecule has 4 nitrogen and oxygen atoms in total. The maximum atomic E-state index is 4.64. The molecule has 0 spiro atoms. The van der Waals surface area contributed by atoms with Crippen LogP contribution in [0.5, 0.6) is 0 Å². The summed E-state index contributed by atoms with van der Waals surface area (Å²) in [6.07, 6.45) is 7.35. The molecular formula is C17H24N4. The largest absolute Gasteiger partial charge is 0.301 e. The van der Waals surface area contributed by atoms with Crippen LogP contribution in [0.25, 0.3) is 0 Å². The van der Waals surface area contributed by atoms with Crippen LogP contribution in [0.15, 0.2) is 30.6 Å². The van der Waals surface area contributed by atoms with Crippen molar-refractivity contribution in [3.8, 4) is 0 Å². The zero-order valence-corrected chi connectivity index (χ0v) is 13.0. The highest BCUT2D eigenvalue weighted by molar-refractivity contribution is 5.09. The second kappa shape index (κ2) is 6.39. The van der Waals surface area contributed by atoms with E-state index >= 15 is 0 Å². The van der Waals surface area contributed by atoms with Crippen molar-refractivity contribution in [2.75, 3.05) is 19.6 Å². The van der Waals surface area contributed by atoms with E-state index in [0.29, 0.717) is 6.04 Å². The third-order valence-electron chi connectivity index (χ3n) is 4.30. The standard InChI is InChI=1S/C17H24N4/c1-14-11-15(2)21(19-14)17-7-10-20(13-17)9-4-6-16-5-3-8-18-12-16/h3,5,8,11-12,17H,4,6-7,9-10,13H2,1-2H3/t17-/m1/s1. The second-order valence-corrected chi connectivity index (χ2v) is 6.08. The number of pyridine rings is 1. The van der Waals surface area contributed by atoms with Crippen LogP contribution < -0.4 is 0 Å². The molecule has 21 heavy (non-hydrogen) atoms. The fourth-order valence-corrected chi connectivity index (χ4v) is 3.28. The van der Waals surface area contributed by atoms with Gasteiger partial charge in [-0.2, -0.15) is 5.10 Å². The summed E-state index contributed by atoms with van der Waals surface area (Å²) < 4.78 is 2.22. The Kier molecular flexibility index (Phi) is 4.34. The van der Waals surface area contributed by atoms with Crippen molar-refractivity contribution in [2.24, 2.45) is 0 Å². The third kappa shape index (κ3) is 3.50. The van der Waals surface area contributed by atoms with Gasteiger partial charge in [0.15, 0.2) is 0 Å². The van der Waals surface area contributed by atoms with E-state index in [1.807, 2.05) is 18.5 Å². The van der Waals surface area contributed by atoms with Crippen molar-refractivity contribution in [3.63, 3.8) is 0 Å². The molecule has 2 aromatic heterocycles. The first-order valence-corrected chi connectivity index (χ1v) is 7.86. The molecule has 0 bridgehead atoms. The quantitative estimate of drug-likeness (QED) is 0.846. The fourth-order valence-electron chi connectivity index (χ4n) is 3.28. The normalized spacial score (nSPS) is 19.2. The molecule has 0 radical (unpaired) electrons. The number of aryl methyl sites for hydroxylation is 3. The third-order valence-corrected chi connectivity index (χ3v) is 4.30. The smallest absolute Gasteiger partial charge is 0.0661 e. The maximum absolute atomic E-state index is 4.64. The van der Waals surface area contributed by atoms with E-state index in [0.717, 1.165) is 18.7 Å². The highest BCUT2D eigenvalue weighted by Crippen LogP contribution is 2.23. The predicted molar refractivity (Wildman–Crippen MR) is 84.4 cm³/mol. The van der Waals surface area contributed by atoms with Gasteiger partial charge in [-0.15, -0.1) is 0 Å². The molecule has 0 unspecified atom stereocenters. The van der Waals surface area contributed by atoms with Gasteiger partial charge in [0.25, 0.3) is 0 Å². The highest BCUT2D eigenvalue weighted by atomic mass is 15.3. The van der Waals surface area contributed by atoms with E-state index in [4.69, 9.17) is 0 Å². The molecule has 2 aromatic rings. The van der Waals surface area contributed by atoms with Crippen LogP contribution in [0, 0.1) is 13.8 Å². The number of aromatic nitrogens is 3. The van der Waals surface area contributed by atoms with Crippen molar-refractivity contribution < 1.29 is 0 Å². The van der Waals surface area contributed by atoms with Crippen LogP contribution >= 0.6 is 0 Å². The Balaban J connectivity index is 1.48. The lowest BCUT2D eigenvalue weighted by molar-refractivity contribution is 0.313. The lowest BCUT2D eigenvalue weighted by Gasteiger charge is -2.17. The van der Waals surface area contributed by atoms with E-state index in [-0.39, 0.29) is 0 Å². The van der Waals surface area contributed by atoms with Crippen LogP contribution in [0.2, 0.25) is 0 Å². The van der Waals surface area contributed by atoms with Crippen molar-refractivity contribution in [1.82, 2.24) is 19.7 Å². The van der Waals surface area contributed by atoms with E-state index < -0.39 is 0 Å². The first-order chi connectivity index (χ1) is 10.2.